The van der Waals surface area contributed by atoms with Crippen LogP contribution in [0.2, 0.25) is 0 Å². The van der Waals surface area contributed by atoms with Gasteiger partial charge in [0.25, 0.3) is 0 Å². The van der Waals surface area contributed by atoms with Crippen molar-refractivity contribution in [3.8, 4) is 23.0 Å². The Morgan fingerprint density at radius 1 is 0.591 bits per heavy atom. The summed E-state index contributed by atoms with van der Waals surface area (Å²) in [5.41, 5.74) is -0.0459. The summed E-state index contributed by atoms with van der Waals surface area (Å²) in [5, 5.41) is 62.9. The largest absolute Gasteiger partial charge is 0.493 e. The van der Waals surface area contributed by atoms with Crippen LogP contribution in [-0.2, 0) is 18.9 Å². The lowest BCUT2D eigenvalue weighted by atomic mass is 9.99. The number of methoxy groups -OCH3 is 2. The average Bonchev–Trinajstić information content (AvgIpc) is 3.03. The van der Waals surface area contributed by atoms with E-state index in [2.05, 4.69) is 0 Å². The predicted octanol–water partition coefficient (Wildman–Crippen LogP) is -1.90. The van der Waals surface area contributed by atoms with E-state index >= 15 is 0 Å². The van der Waals surface area contributed by atoms with Crippen molar-refractivity contribution in [1.82, 2.24) is 0 Å². The Labute approximate surface area is 249 Å². The number of ether oxygens (including phenoxy) is 8. The number of aliphatic hydroxyl groups excluding tert-OH is 6. The van der Waals surface area contributed by atoms with E-state index in [1.54, 1.807) is 0 Å². The van der Waals surface area contributed by atoms with Crippen molar-refractivity contribution in [3.63, 3.8) is 0 Å². The molecule has 44 heavy (non-hydrogen) atoms. The van der Waals surface area contributed by atoms with Gasteiger partial charge in [0, 0.05) is 0 Å². The molecule has 16 nitrogen and oxygen atoms in total. The third-order valence-corrected chi connectivity index (χ3v) is 7.38. The zero-order chi connectivity index (χ0) is 31.7. The van der Waals surface area contributed by atoms with Gasteiger partial charge in [-0.25, -0.2) is 9.59 Å². The van der Waals surface area contributed by atoms with E-state index in [0.717, 1.165) is 0 Å². The van der Waals surface area contributed by atoms with Crippen LogP contribution in [0.3, 0.4) is 0 Å². The van der Waals surface area contributed by atoms with Crippen LogP contribution < -0.4 is 18.9 Å². The molecule has 6 heterocycles. The maximum Gasteiger partial charge on any atom is 0.338 e. The van der Waals surface area contributed by atoms with Gasteiger partial charge in [-0.1, -0.05) is 0 Å². The molecule has 0 unspecified atom stereocenters. The summed E-state index contributed by atoms with van der Waals surface area (Å²) in [6.45, 7) is -1.12. The van der Waals surface area contributed by atoms with Gasteiger partial charge in [-0.15, -0.1) is 0 Å². The molecule has 2 fully saturated rings. The van der Waals surface area contributed by atoms with Gasteiger partial charge in [-0.05, 0) is 36.4 Å². The number of carbonyl (C=O) groups is 2. The van der Waals surface area contributed by atoms with Gasteiger partial charge in [-0.2, -0.15) is 0 Å². The van der Waals surface area contributed by atoms with Crippen molar-refractivity contribution in [3.05, 3.63) is 47.5 Å². The first kappa shape index (κ1) is 31.7. The molecule has 8 bridgehead atoms. The molecule has 8 rings (SSSR count). The minimum absolute atomic E-state index is 0.00101. The molecule has 2 aromatic rings. The number of esters is 2. The van der Waals surface area contributed by atoms with Crippen LogP contribution >= 0.6 is 0 Å². The summed E-state index contributed by atoms with van der Waals surface area (Å²) in [7, 11) is 2.56. The van der Waals surface area contributed by atoms with E-state index in [1.165, 1.54) is 50.6 Å². The van der Waals surface area contributed by atoms with Crippen molar-refractivity contribution < 1.29 is 78.1 Å². The van der Waals surface area contributed by atoms with Crippen LogP contribution in [0.25, 0.3) is 0 Å². The van der Waals surface area contributed by atoms with Crippen molar-refractivity contribution in [2.75, 3.05) is 27.4 Å². The summed E-state index contributed by atoms with van der Waals surface area (Å²) < 4.78 is 43.8. The SMILES string of the molecule is COc1cc2ccc1O[C@@H]1O[C@H](COC(=O)c3ccc(c(OC)c3)O[C@@H]3O[C@H](COC2=O)[C@@H](O)[C@@H](O)[C@H]3O)[C@@H](O)[C@H](O)[C@H]1O. The molecule has 240 valence electrons. The second kappa shape index (κ2) is 13.1. The lowest BCUT2D eigenvalue weighted by Crippen LogP contribution is -2.60. The molecule has 6 aliphatic rings. The number of benzene rings is 2. The molecule has 0 amide bonds. The standard InChI is InChI=1S/C28H32O16/c1-37-15-7-11-3-5-13(15)41-27-23(33)21(31)19(29)17(43-27)10-40-26(36)12-4-6-14(16(8-12)38-2)42-28-24(34)22(32)20(30)18(44-28)9-39-25(11)35/h3-8,17-24,27-34H,9-10H2,1-2H3/t17-,18-,19-,20-,21-,22+,23-,24-,27-,28-/m1/s1. The molecule has 6 aliphatic heterocycles. The Morgan fingerprint density at radius 3 is 1.34 bits per heavy atom. The Hall–Kier alpha value is -3.74. The van der Waals surface area contributed by atoms with Crippen molar-refractivity contribution >= 4 is 11.9 Å². The lowest BCUT2D eigenvalue weighted by Gasteiger charge is -2.40. The fourth-order valence-electron chi connectivity index (χ4n) is 4.82. The second-order valence-electron chi connectivity index (χ2n) is 10.2. The van der Waals surface area contributed by atoms with Crippen LogP contribution in [0.4, 0.5) is 0 Å². The van der Waals surface area contributed by atoms with Gasteiger partial charge < -0.3 is 68.5 Å². The quantitative estimate of drug-likeness (QED) is 0.201. The second-order valence-corrected chi connectivity index (χ2v) is 10.2. The molecular formula is C28H32O16. The van der Waals surface area contributed by atoms with E-state index in [9.17, 15) is 40.2 Å². The normalized spacial score (nSPS) is 34.4. The number of carbonyl (C=O) groups excluding carboxylic acids is 2. The van der Waals surface area contributed by atoms with E-state index in [0.29, 0.717) is 0 Å². The Balaban J connectivity index is 1.48. The smallest absolute Gasteiger partial charge is 0.338 e. The summed E-state index contributed by atoms with van der Waals surface area (Å²) in [4.78, 5) is 25.7. The Morgan fingerprint density at radius 2 is 0.977 bits per heavy atom. The fourth-order valence-corrected chi connectivity index (χ4v) is 4.82. The molecule has 0 aromatic heterocycles. The van der Waals surface area contributed by atoms with E-state index in [4.69, 9.17) is 37.9 Å². The topological polar surface area (TPSA) is 229 Å². The van der Waals surface area contributed by atoms with E-state index < -0.39 is 86.6 Å². The summed E-state index contributed by atoms with van der Waals surface area (Å²) in [6, 6.07) is 7.70. The number of aliphatic hydroxyl groups is 6. The summed E-state index contributed by atoms with van der Waals surface area (Å²) in [5.74, 6) is -1.80. The number of hydrogen-bond donors (Lipinski definition) is 6. The zero-order valence-electron chi connectivity index (χ0n) is 23.4. The van der Waals surface area contributed by atoms with Gasteiger partial charge in [0.2, 0.25) is 12.6 Å². The van der Waals surface area contributed by atoms with Crippen molar-refractivity contribution in [2.45, 2.75) is 61.4 Å². The molecule has 0 saturated carbocycles. The fraction of sp³-hybridized carbons (Fsp3) is 0.500. The summed E-state index contributed by atoms with van der Waals surface area (Å²) in [6.07, 6.45) is -16.0. The highest BCUT2D eigenvalue weighted by Gasteiger charge is 2.47. The number of rotatable bonds is 2. The molecule has 6 N–H and O–H groups in total. The van der Waals surface area contributed by atoms with Gasteiger partial charge in [-0.3, -0.25) is 0 Å². The zero-order valence-corrected chi connectivity index (χ0v) is 23.4. The average molecular weight is 625 g/mol. The highest BCUT2D eigenvalue weighted by molar-refractivity contribution is 5.90. The molecular weight excluding hydrogens is 592 g/mol. The molecule has 16 heteroatoms. The monoisotopic (exact) mass is 624 g/mol. The minimum atomic E-state index is -1.74. The first-order valence-electron chi connectivity index (χ1n) is 13.4. The highest BCUT2D eigenvalue weighted by atomic mass is 16.7. The van der Waals surface area contributed by atoms with Crippen molar-refractivity contribution in [2.24, 2.45) is 0 Å². The maximum atomic E-state index is 12.9. The molecule has 2 aromatic carbocycles. The van der Waals surface area contributed by atoms with Crippen LogP contribution in [-0.4, -0.2) is 131 Å². The van der Waals surface area contributed by atoms with Gasteiger partial charge >= 0.3 is 11.9 Å². The summed E-state index contributed by atoms with van der Waals surface area (Å²) >= 11 is 0. The molecule has 0 aliphatic carbocycles. The van der Waals surface area contributed by atoms with Gasteiger partial charge in [0.05, 0.1) is 25.3 Å². The molecule has 10 atom stereocenters. The molecule has 0 spiro atoms. The highest BCUT2D eigenvalue weighted by Crippen LogP contribution is 2.34. The van der Waals surface area contributed by atoms with Crippen molar-refractivity contribution in [1.29, 1.82) is 0 Å². The van der Waals surface area contributed by atoms with Gasteiger partial charge in [0.1, 0.15) is 62.0 Å². The van der Waals surface area contributed by atoms with Crippen LogP contribution in [0, 0.1) is 0 Å². The van der Waals surface area contributed by atoms with Crippen LogP contribution in [0.5, 0.6) is 23.0 Å². The van der Waals surface area contributed by atoms with E-state index in [-0.39, 0.29) is 34.1 Å². The molecule has 2 saturated heterocycles. The first-order chi connectivity index (χ1) is 21.0. The lowest BCUT2D eigenvalue weighted by molar-refractivity contribution is -0.277. The third kappa shape index (κ3) is 6.24. The van der Waals surface area contributed by atoms with Crippen LogP contribution in [0.1, 0.15) is 20.7 Å². The minimum Gasteiger partial charge on any atom is -0.493 e. The van der Waals surface area contributed by atoms with Gasteiger partial charge in [0.15, 0.2) is 23.0 Å². The first-order valence-corrected chi connectivity index (χ1v) is 13.4. The molecule has 0 radical (unpaired) electrons. The third-order valence-electron chi connectivity index (χ3n) is 7.38. The number of hydrogen-bond acceptors (Lipinski definition) is 16. The van der Waals surface area contributed by atoms with E-state index in [1.807, 2.05) is 0 Å². The Kier molecular flexibility index (Phi) is 9.42. The Bertz CT molecular complexity index is 1250. The maximum absolute atomic E-state index is 12.9. The predicted molar refractivity (Wildman–Crippen MR) is 141 cm³/mol. The van der Waals surface area contributed by atoms with Crippen LogP contribution in [0.15, 0.2) is 36.4 Å².